The minimum absolute atomic E-state index is 0.841. The van der Waals surface area contributed by atoms with E-state index in [1.807, 2.05) is 18.7 Å². The molecule has 1 aliphatic rings. The fourth-order valence-corrected chi connectivity index (χ4v) is 2.08. The molecule has 1 aromatic rings. The summed E-state index contributed by atoms with van der Waals surface area (Å²) in [6, 6.07) is 0. The van der Waals surface area contributed by atoms with Crippen molar-refractivity contribution in [3.63, 3.8) is 0 Å². The van der Waals surface area contributed by atoms with Gasteiger partial charge >= 0.3 is 0 Å². The van der Waals surface area contributed by atoms with Crippen molar-refractivity contribution in [2.45, 2.75) is 25.8 Å². The molecule has 1 fully saturated rings. The first-order chi connectivity index (χ1) is 7.95. The molecule has 16 heavy (non-hydrogen) atoms. The summed E-state index contributed by atoms with van der Waals surface area (Å²) in [5.74, 6) is 0.841. The van der Waals surface area contributed by atoms with Crippen LogP contribution in [0.3, 0.4) is 0 Å². The quantitative estimate of drug-likeness (QED) is 0.708. The van der Waals surface area contributed by atoms with Crippen LogP contribution in [0.5, 0.6) is 0 Å². The first-order valence-corrected chi connectivity index (χ1v) is 6.19. The lowest BCUT2D eigenvalue weighted by molar-refractivity contribution is 0.117. The van der Waals surface area contributed by atoms with Gasteiger partial charge in [0.2, 0.25) is 0 Å². The van der Waals surface area contributed by atoms with Crippen LogP contribution in [-0.2, 0) is 11.3 Å². The van der Waals surface area contributed by atoms with E-state index in [9.17, 15) is 0 Å². The maximum Gasteiger partial charge on any atom is 0.0945 e. The van der Waals surface area contributed by atoms with Gasteiger partial charge in [0, 0.05) is 32.2 Å². The van der Waals surface area contributed by atoms with E-state index in [4.69, 9.17) is 4.74 Å². The fraction of sp³-hybridized carbons (Fsp3) is 0.750. The lowest BCUT2D eigenvalue weighted by atomic mass is 10.1. The van der Waals surface area contributed by atoms with Crippen LogP contribution in [0.25, 0.3) is 0 Å². The number of rotatable bonds is 7. The SMILES string of the molecule is c1cn(CCCOCCC2CCNC2)cn1. The van der Waals surface area contributed by atoms with Crippen LogP contribution < -0.4 is 5.32 Å². The molecular formula is C12H21N3O. The van der Waals surface area contributed by atoms with Gasteiger partial charge in [-0.2, -0.15) is 0 Å². The minimum Gasteiger partial charge on any atom is -0.381 e. The van der Waals surface area contributed by atoms with E-state index < -0.39 is 0 Å². The Kier molecular flexibility index (Phi) is 4.83. The Morgan fingerprint density at radius 3 is 3.19 bits per heavy atom. The van der Waals surface area contributed by atoms with E-state index in [0.29, 0.717) is 0 Å². The van der Waals surface area contributed by atoms with Crippen LogP contribution in [-0.4, -0.2) is 35.9 Å². The number of nitrogens with one attached hydrogen (secondary N) is 1. The monoisotopic (exact) mass is 223 g/mol. The van der Waals surface area contributed by atoms with Crippen molar-refractivity contribution >= 4 is 0 Å². The smallest absolute Gasteiger partial charge is 0.0945 e. The molecule has 4 nitrogen and oxygen atoms in total. The van der Waals surface area contributed by atoms with E-state index in [1.54, 1.807) is 0 Å². The van der Waals surface area contributed by atoms with E-state index in [1.165, 1.54) is 25.9 Å². The molecule has 1 aliphatic heterocycles. The molecule has 4 heteroatoms. The number of aromatic nitrogens is 2. The first kappa shape index (κ1) is 11.6. The number of imidazole rings is 1. The standard InChI is InChI=1S/C12H21N3O/c1(6-15-7-5-14-11-15)8-16-9-3-12-2-4-13-10-12/h5,7,11-13H,1-4,6,8-10H2. The summed E-state index contributed by atoms with van der Waals surface area (Å²) in [6.07, 6.45) is 9.25. The molecule has 0 spiro atoms. The number of nitrogens with zero attached hydrogens (tertiary/aromatic N) is 2. The molecule has 2 heterocycles. The molecular weight excluding hydrogens is 202 g/mol. The molecule has 1 aromatic heterocycles. The Balaban J connectivity index is 1.43. The van der Waals surface area contributed by atoms with Gasteiger partial charge in [-0.1, -0.05) is 0 Å². The van der Waals surface area contributed by atoms with E-state index in [-0.39, 0.29) is 0 Å². The van der Waals surface area contributed by atoms with Crippen molar-refractivity contribution in [3.05, 3.63) is 18.7 Å². The molecule has 0 aliphatic carbocycles. The largest absolute Gasteiger partial charge is 0.381 e. The van der Waals surface area contributed by atoms with Gasteiger partial charge in [-0.3, -0.25) is 0 Å². The van der Waals surface area contributed by atoms with Crippen molar-refractivity contribution in [1.82, 2.24) is 14.9 Å². The average molecular weight is 223 g/mol. The summed E-state index contributed by atoms with van der Waals surface area (Å²) >= 11 is 0. The lowest BCUT2D eigenvalue weighted by Crippen LogP contribution is -2.11. The van der Waals surface area contributed by atoms with Crippen molar-refractivity contribution in [3.8, 4) is 0 Å². The van der Waals surface area contributed by atoms with Crippen LogP contribution >= 0.6 is 0 Å². The maximum absolute atomic E-state index is 5.63. The highest BCUT2D eigenvalue weighted by Crippen LogP contribution is 2.11. The van der Waals surface area contributed by atoms with Gasteiger partial charge in [0.05, 0.1) is 6.33 Å². The Bertz CT molecular complexity index is 268. The van der Waals surface area contributed by atoms with Crippen molar-refractivity contribution in [1.29, 1.82) is 0 Å². The number of hydrogen-bond acceptors (Lipinski definition) is 3. The van der Waals surface area contributed by atoms with E-state index >= 15 is 0 Å². The predicted octanol–water partition coefficient (Wildman–Crippen LogP) is 1.29. The molecule has 0 amide bonds. The molecule has 0 aromatic carbocycles. The normalized spacial score (nSPS) is 20.4. The Hall–Kier alpha value is -0.870. The predicted molar refractivity (Wildman–Crippen MR) is 63.3 cm³/mol. The molecule has 1 atom stereocenters. The molecule has 0 bridgehead atoms. The Morgan fingerprint density at radius 2 is 2.44 bits per heavy atom. The fourth-order valence-electron chi connectivity index (χ4n) is 2.08. The zero-order chi connectivity index (χ0) is 11.1. The summed E-state index contributed by atoms with van der Waals surface area (Å²) in [7, 11) is 0. The van der Waals surface area contributed by atoms with Crippen molar-refractivity contribution in [2.75, 3.05) is 26.3 Å². The molecule has 1 saturated heterocycles. The zero-order valence-corrected chi connectivity index (χ0v) is 9.77. The average Bonchev–Trinajstić information content (AvgIpc) is 2.96. The topological polar surface area (TPSA) is 39.1 Å². The third-order valence-electron chi connectivity index (χ3n) is 3.10. The van der Waals surface area contributed by atoms with Gasteiger partial charge in [-0.25, -0.2) is 4.98 Å². The molecule has 1 unspecified atom stereocenters. The van der Waals surface area contributed by atoms with Gasteiger partial charge in [0.25, 0.3) is 0 Å². The second-order valence-corrected chi connectivity index (χ2v) is 4.41. The van der Waals surface area contributed by atoms with Crippen LogP contribution in [0.4, 0.5) is 0 Å². The molecule has 0 radical (unpaired) electrons. The van der Waals surface area contributed by atoms with Gasteiger partial charge < -0.3 is 14.6 Å². The summed E-state index contributed by atoms with van der Waals surface area (Å²) in [5.41, 5.74) is 0. The number of hydrogen-bond donors (Lipinski definition) is 1. The molecule has 90 valence electrons. The maximum atomic E-state index is 5.63. The van der Waals surface area contributed by atoms with Gasteiger partial charge in [0.15, 0.2) is 0 Å². The van der Waals surface area contributed by atoms with Gasteiger partial charge in [-0.15, -0.1) is 0 Å². The summed E-state index contributed by atoms with van der Waals surface area (Å²) < 4.78 is 7.72. The number of ether oxygens (including phenoxy) is 1. The van der Waals surface area contributed by atoms with Gasteiger partial charge in [-0.05, 0) is 38.3 Å². The van der Waals surface area contributed by atoms with Crippen LogP contribution in [0.2, 0.25) is 0 Å². The summed E-state index contributed by atoms with van der Waals surface area (Å²) in [6.45, 7) is 5.14. The second-order valence-electron chi connectivity index (χ2n) is 4.41. The number of aryl methyl sites for hydroxylation is 1. The molecule has 2 rings (SSSR count). The van der Waals surface area contributed by atoms with E-state index in [0.717, 1.165) is 32.1 Å². The third-order valence-corrected chi connectivity index (χ3v) is 3.10. The van der Waals surface area contributed by atoms with Crippen molar-refractivity contribution < 1.29 is 4.74 Å². The van der Waals surface area contributed by atoms with Crippen LogP contribution in [0, 0.1) is 5.92 Å². The first-order valence-electron chi connectivity index (χ1n) is 6.19. The lowest BCUT2D eigenvalue weighted by Gasteiger charge is -2.08. The molecule has 0 saturated carbocycles. The highest BCUT2D eigenvalue weighted by Gasteiger charge is 2.13. The highest BCUT2D eigenvalue weighted by atomic mass is 16.5. The zero-order valence-electron chi connectivity index (χ0n) is 9.77. The third kappa shape index (κ3) is 3.94. The summed E-state index contributed by atoms with van der Waals surface area (Å²) in [4.78, 5) is 4.00. The Morgan fingerprint density at radius 1 is 1.44 bits per heavy atom. The molecule has 1 N–H and O–H groups in total. The minimum atomic E-state index is 0.841. The second kappa shape index (κ2) is 6.66. The Labute approximate surface area is 97.0 Å². The van der Waals surface area contributed by atoms with Crippen LogP contribution in [0.1, 0.15) is 19.3 Å². The highest BCUT2D eigenvalue weighted by molar-refractivity contribution is 4.73. The van der Waals surface area contributed by atoms with Gasteiger partial charge in [0.1, 0.15) is 0 Å². The van der Waals surface area contributed by atoms with Crippen molar-refractivity contribution in [2.24, 2.45) is 5.92 Å². The summed E-state index contributed by atoms with van der Waals surface area (Å²) in [5, 5.41) is 3.38. The van der Waals surface area contributed by atoms with Crippen LogP contribution in [0.15, 0.2) is 18.7 Å². The van der Waals surface area contributed by atoms with E-state index in [2.05, 4.69) is 14.9 Å².